The second kappa shape index (κ2) is 11.8. The molecule has 0 aliphatic heterocycles. The minimum absolute atomic E-state index is 0.119. The van der Waals surface area contributed by atoms with Crippen molar-refractivity contribution in [1.82, 2.24) is 10.2 Å². The summed E-state index contributed by atoms with van der Waals surface area (Å²) >= 11 is 9.69. The molecule has 184 valence electrons. The molecule has 0 saturated heterocycles. The largest absolute Gasteiger partial charge is 0.350 e. The second-order valence-electron chi connectivity index (χ2n) is 9.47. The third-order valence-electron chi connectivity index (χ3n) is 5.40. The molecule has 0 radical (unpaired) electrons. The molecule has 35 heavy (non-hydrogen) atoms. The molecule has 0 aromatic heterocycles. The molecule has 0 heterocycles. The van der Waals surface area contributed by atoms with Crippen LogP contribution in [-0.4, -0.2) is 28.3 Å². The molecular formula is C28H29BrClFN2O2. The van der Waals surface area contributed by atoms with Crippen LogP contribution in [0.2, 0.25) is 5.02 Å². The minimum Gasteiger partial charge on any atom is -0.350 e. The maximum Gasteiger partial charge on any atom is 0.243 e. The predicted molar refractivity (Wildman–Crippen MR) is 142 cm³/mol. The van der Waals surface area contributed by atoms with E-state index in [2.05, 4.69) is 21.2 Å². The molecule has 0 spiro atoms. The first-order valence-corrected chi connectivity index (χ1v) is 12.5. The van der Waals surface area contributed by atoms with E-state index in [0.717, 1.165) is 15.6 Å². The van der Waals surface area contributed by atoms with E-state index in [4.69, 9.17) is 11.6 Å². The van der Waals surface area contributed by atoms with Gasteiger partial charge in [-0.1, -0.05) is 76.1 Å². The quantitative estimate of drug-likeness (QED) is 0.350. The van der Waals surface area contributed by atoms with Crippen LogP contribution >= 0.6 is 27.5 Å². The molecule has 0 unspecified atom stereocenters. The molecule has 0 saturated carbocycles. The van der Waals surface area contributed by atoms with Gasteiger partial charge in [-0.2, -0.15) is 0 Å². The van der Waals surface area contributed by atoms with Crippen LogP contribution in [0.1, 0.15) is 37.5 Å². The lowest BCUT2D eigenvalue weighted by Gasteiger charge is -2.34. The van der Waals surface area contributed by atoms with Gasteiger partial charge in [-0.15, -0.1) is 0 Å². The van der Waals surface area contributed by atoms with Crippen LogP contribution in [0.15, 0.2) is 77.3 Å². The Balaban J connectivity index is 2.03. The molecule has 0 bridgehead atoms. The SMILES string of the molecule is CC(C)(C)NC(=O)[C@H](Cc1ccccc1)N(Cc1cccc(Br)c1)C(=O)Cc1c(F)cccc1Cl. The first-order chi connectivity index (χ1) is 16.5. The predicted octanol–water partition coefficient (Wildman–Crippen LogP) is 6.34. The van der Waals surface area contributed by atoms with Crippen LogP contribution in [0, 0.1) is 5.82 Å². The van der Waals surface area contributed by atoms with Gasteiger partial charge < -0.3 is 10.2 Å². The summed E-state index contributed by atoms with van der Waals surface area (Å²) in [6.07, 6.45) is 0.0566. The fraction of sp³-hybridized carbons (Fsp3) is 0.286. The average Bonchev–Trinajstić information content (AvgIpc) is 2.78. The second-order valence-corrected chi connectivity index (χ2v) is 10.8. The standard InChI is InChI=1S/C28H29BrClFN2O2/c1-28(2,3)32-27(35)25(16-19-9-5-4-6-10-19)33(18-20-11-7-12-21(29)15-20)26(34)17-22-23(30)13-8-14-24(22)31/h4-15,25H,16-18H2,1-3H3,(H,32,35)/t25-/m0/s1. The normalized spacial score (nSPS) is 12.2. The third-order valence-corrected chi connectivity index (χ3v) is 6.25. The lowest BCUT2D eigenvalue weighted by Crippen LogP contribution is -2.54. The van der Waals surface area contributed by atoms with E-state index in [1.54, 1.807) is 6.07 Å². The molecule has 3 rings (SSSR count). The van der Waals surface area contributed by atoms with Gasteiger partial charge in [0.15, 0.2) is 0 Å². The van der Waals surface area contributed by atoms with Gasteiger partial charge in [0, 0.05) is 33.6 Å². The van der Waals surface area contributed by atoms with Gasteiger partial charge in [0.05, 0.1) is 6.42 Å². The van der Waals surface area contributed by atoms with E-state index in [1.807, 2.05) is 75.4 Å². The van der Waals surface area contributed by atoms with Crippen LogP contribution in [0.3, 0.4) is 0 Å². The highest BCUT2D eigenvalue weighted by atomic mass is 79.9. The molecule has 1 atom stereocenters. The molecular weight excluding hydrogens is 531 g/mol. The molecule has 0 fully saturated rings. The van der Waals surface area contributed by atoms with Crippen LogP contribution < -0.4 is 5.32 Å². The first-order valence-electron chi connectivity index (χ1n) is 11.4. The van der Waals surface area contributed by atoms with E-state index in [0.29, 0.717) is 6.42 Å². The van der Waals surface area contributed by atoms with Crippen molar-refractivity contribution in [3.05, 3.63) is 105 Å². The Bertz CT molecular complexity index is 1160. The lowest BCUT2D eigenvalue weighted by atomic mass is 9.99. The average molecular weight is 560 g/mol. The lowest BCUT2D eigenvalue weighted by molar-refractivity contribution is -0.141. The fourth-order valence-electron chi connectivity index (χ4n) is 3.79. The first kappa shape index (κ1) is 26.9. The van der Waals surface area contributed by atoms with Gasteiger partial charge in [0.25, 0.3) is 0 Å². The van der Waals surface area contributed by atoms with Crippen molar-refractivity contribution >= 4 is 39.3 Å². The Hall–Kier alpha value is -2.70. The summed E-state index contributed by atoms with van der Waals surface area (Å²) in [6.45, 7) is 5.86. The zero-order valence-corrected chi connectivity index (χ0v) is 22.4. The maximum absolute atomic E-state index is 14.5. The molecule has 0 aliphatic carbocycles. The number of nitrogens with one attached hydrogen (secondary N) is 1. The van der Waals surface area contributed by atoms with Gasteiger partial charge in [-0.3, -0.25) is 9.59 Å². The van der Waals surface area contributed by atoms with Gasteiger partial charge in [-0.05, 0) is 56.2 Å². The number of benzene rings is 3. The van der Waals surface area contributed by atoms with Crippen LogP contribution in [0.4, 0.5) is 4.39 Å². The number of nitrogens with zero attached hydrogens (tertiary/aromatic N) is 1. The molecule has 2 amide bonds. The molecule has 4 nitrogen and oxygen atoms in total. The van der Waals surface area contributed by atoms with Gasteiger partial charge in [0.1, 0.15) is 11.9 Å². The monoisotopic (exact) mass is 558 g/mol. The van der Waals surface area contributed by atoms with Crippen molar-refractivity contribution < 1.29 is 14.0 Å². The summed E-state index contributed by atoms with van der Waals surface area (Å²) in [5.41, 5.74) is 1.38. The highest BCUT2D eigenvalue weighted by Gasteiger charge is 2.32. The van der Waals surface area contributed by atoms with Crippen molar-refractivity contribution in [3.63, 3.8) is 0 Å². The molecule has 1 N–H and O–H groups in total. The Labute approximate surface area is 219 Å². The van der Waals surface area contributed by atoms with Gasteiger partial charge >= 0.3 is 0 Å². The summed E-state index contributed by atoms with van der Waals surface area (Å²) in [4.78, 5) is 28.8. The van der Waals surface area contributed by atoms with Gasteiger partial charge in [0.2, 0.25) is 11.8 Å². The molecule has 0 aliphatic rings. The Morgan fingerprint density at radius 1 is 1.00 bits per heavy atom. The zero-order chi connectivity index (χ0) is 25.6. The number of hydrogen-bond acceptors (Lipinski definition) is 2. The van der Waals surface area contributed by atoms with Crippen molar-refractivity contribution in [2.45, 2.75) is 51.7 Å². The number of carbonyl (C=O) groups is 2. The highest BCUT2D eigenvalue weighted by Crippen LogP contribution is 2.23. The summed E-state index contributed by atoms with van der Waals surface area (Å²) in [6, 6.07) is 20.6. The van der Waals surface area contributed by atoms with Gasteiger partial charge in [-0.25, -0.2) is 4.39 Å². The maximum atomic E-state index is 14.5. The van der Waals surface area contributed by atoms with E-state index in [1.165, 1.54) is 17.0 Å². The number of halogens is 3. The van der Waals surface area contributed by atoms with E-state index >= 15 is 0 Å². The molecule has 3 aromatic rings. The molecule has 3 aromatic carbocycles. The number of rotatable bonds is 8. The highest BCUT2D eigenvalue weighted by molar-refractivity contribution is 9.10. The number of carbonyl (C=O) groups excluding carboxylic acids is 2. The van der Waals surface area contributed by atoms with Crippen molar-refractivity contribution in [2.24, 2.45) is 0 Å². The van der Waals surface area contributed by atoms with Crippen molar-refractivity contribution in [1.29, 1.82) is 0 Å². The summed E-state index contributed by atoms with van der Waals surface area (Å²) in [5.74, 6) is -1.21. The topological polar surface area (TPSA) is 49.4 Å². The molecule has 7 heteroatoms. The number of amides is 2. The zero-order valence-electron chi connectivity index (χ0n) is 20.0. The van der Waals surface area contributed by atoms with Crippen molar-refractivity contribution in [2.75, 3.05) is 0 Å². The Kier molecular flexibility index (Phi) is 9.09. The summed E-state index contributed by atoms with van der Waals surface area (Å²) in [7, 11) is 0. The van der Waals surface area contributed by atoms with E-state index < -0.39 is 17.4 Å². The minimum atomic E-state index is -0.811. The third kappa shape index (κ3) is 7.91. The van der Waals surface area contributed by atoms with Crippen LogP contribution in [-0.2, 0) is 29.0 Å². The Morgan fingerprint density at radius 2 is 1.66 bits per heavy atom. The summed E-state index contributed by atoms with van der Waals surface area (Å²) < 4.78 is 15.4. The smallest absolute Gasteiger partial charge is 0.243 e. The summed E-state index contributed by atoms with van der Waals surface area (Å²) in [5, 5.41) is 3.20. The van der Waals surface area contributed by atoms with Crippen LogP contribution in [0.25, 0.3) is 0 Å². The number of hydrogen-bond donors (Lipinski definition) is 1. The van der Waals surface area contributed by atoms with Crippen LogP contribution in [0.5, 0.6) is 0 Å². The fourth-order valence-corrected chi connectivity index (χ4v) is 4.47. The Morgan fingerprint density at radius 3 is 2.29 bits per heavy atom. The van der Waals surface area contributed by atoms with E-state index in [-0.39, 0.29) is 35.4 Å². The van der Waals surface area contributed by atoms with E-state index in [9.17, 15) is 14.0 Å². The van der Waals surface area contributed by atoms with Crippen molar-refractivity contribution in [3.8, 4) is 0 Å².